The van der Waals surface area contributed by atoms with Crippen LogP contribution in [0.5, 0.6) is 0 Å². The van der Waals surface area contributed by atoms with Gasteiger partial charge in [-0.15, -0.1) is 0 Å². The van der Waals surface area contributed by atoms with E-state index in [0.717, 1.165) is 0 Å². The van der Waals surface area contributed by atoms with Gasteiger partial charge >= 0.3 is 0 Å². The first-order valence-corrected chi connectivity index (χ1v) is 2.58. The lowest BCUT2D eigenvalue weighted by molar-refractivity contribution is 1.40. The van der Waals surface area contributed by atoms with Gasteiger partial charge in [-0.1, -0.05) is 6.58 Å². The fourth-order valence-electron chi connectivity index (χ4n) is 0.425. The maximum absolute atomic E-state index is 5.39. The Hall–Kier alpha value is -1.12. The van der Waals surface area contributed by atoms with Gasteiger partial charge in [-0.25, -0.2) is 0 Å². The summed E-state index contributed by atoms with van der Waals surface area (Å²) in [5.41, 5.74) is 6.02. The lowest BCUT2D eigenvalue weighted by Crippen LogP contribution is -2.21. The van der Waals surface area contributed by atoms with Gasteiger partial charge in [0.05, 0.1) is 5.71 Å². The van der Waals surface area contributed by atoms with Gasteiger partial charge in [-0.2, -0.15) is 0 Å². The van der Waals surface area contributed by atoms with Crippen LogP contribution in [-0.4, -0.2) is 25.6 Å². The molecule has 0 saturated carbocycles. The van der Waals surface area contributed by atoms with Gasteiger partial charge < -0.3 is 5.73 Å². The van der Waals surface area contributed by atoms with E-state index in [9.17, 15) is 0 Å². The third kappa shape index (κ3) is 2.08. The van der Waals surface area contributed by atoms with Crippen molar-refractivity contribution in [2.75, 3.05) is 14.1 Å². The third-order valence-corrected chi connectivity index (χ3v) is 0.938. The summed E-state index contributed by atoms with van der Waals surface area (Å²) in [4.78, 5) is 7.54. The highest BCUT2D eigenvalue weighted by Gasteiger charge is 1.93. The van der Waals surface area contributed by atoms with Gasteiger partial charge in [-0.05, 0) is 6.08 Å². The highest BCUT2D eigenvalue weighted by Crippen LogP contribution is 1.77. The maximum atomic E-state index is 5.39. The largest absolute Gasteiger partial charge is 0.382 e. The standard InChI is InChI=1S/C6H11N3/c1-4-5(8-2)6(7)9-3/h4H,1H2,2-3H3,(H2,7,9). The summed E-state index contributed by atoms with van der Waals surface area (Å²) in [5.74, 6) is 0.424. The first-order valence-electron chi connectivity index (χ1n) is 2.58. The first-order chi connectivity index (χ1) is 4.26. The van der Waals surface area contributed by atoms with E-state index in [0.29, 0.717) is 11.5 Å². The molecule has 0 aliphatic rings. The summed E-state index contributed by atoms with van der Waals surface area (Å²) in [6, 6.07) is 0. The molecule has 0 amide bonds. The third-order valence-electron chi connectivity index (χ3n) is 0.938. The molecule has 0 saturated heterocycles. The molecular weight excluding hydrogens is 114 g/mol. The zero-order chi connectivity index (χ0) is 7.28. The van der Waals surface area contributed by atoms with Crippen LogP contribution in [0.1, 0.15) is 0 Å². The van der Waals surface area contributed by atoms with Crippen molar-refractivity contribution < 1.29 is 0 Å². The second kappa shape index (κ2) is 3.83. The molecule has 0 aromatic carbocycles. The number of nitrogens with zero attached hydrogens (tertiary/aromatic N) is 2. The van der Waals surface area contributed by atoms with E-state index < -0.39 is 0 Å². The molecule has 0 radical (unpaired) electrons. The molecule has 3 nitrogen and oxygen atoms in total. The number of nitrogens with two attached hydrogens (primary N) is 1. The molecule has 3 heteroatoms. The summed E-state index contributed by atoms with van der Waals surface area (Å²) < 4.78 is 0. The summed E-state index contributed by atoms with van der Waals surface area (Å²) >= 11 is 0. The smallest absolute Gasteiger partial charge is 0.143 e. The minimum atomic E-state index is 0.424. The lowest BCUT2D eigenvalue weighted by Gasteiger charge is -1.94. The molecule has 0 aromatic rings. The number of aliphatic imine (C=N–C) groups is 2. The van der Waals surface area contributed by atoms with Gasteiger partial charge in [0.25, 0.3) is 0 Å². The van der Waals surface area contributed by atoms with Crippen molar-refractivity contribution in [1.29, 1.82) is 0 Å². The molecule has 0 unspecified atom stereocenters. The minimum absolute atomic E-state index is 0.424. The second-order valence-corrected chi connectivity index (χ2v) is 1.42. The van der Waals surface area contributed by atoms with Crippen LogP contribution in [0.3, 0.4) is 0 Å². The molecule has 0 aliphatic heterocycles. The van der Waals surface area contributed by atoms with Crippen molar-refractivity contribution in [3.63, 3.8) is 0 Å². The SMILES string of the molecule is C=CC(=NC)C(N)=NC. The molecule has 50 valence electrons. The quantitative estimate of drug-likeness (QED) is 0.417. The van der Waals surface area contributed by atoms with E-state index in [4.69, 9.17) is 5.73 Å². The lowest BCUT2D eigenvalue weighted by atomic mass is 10.3. The molecule has 0 heterocycles. The normalized spacial score (nSPS) is 13.6. The Morgan fingerprint density at radius 1 is 1.44 bits per heavy atom. The predicted molar refractivity (Wildman–Crippen MR) is 41.1 cm³/mol. The molecular formula is C6H11N3. The Morgan fingerprint density at radius 2 is 2.00 bits per heavy atom. The average molecular weight is 125 g/mol. The van der Waals surface area contributed by atoms with E-state index in [1.165, 1.54) is 0 Å². The van der Waals surface area contributed by atoms with Gasteiger partial charge in [0.15, 0.2) is 0 Å². The summed E-state index contributed by atoms with van der Waals surface area (Å²) in [7, 11) is 3.26. The average Bonchev–Trinajstić information content (AvgIpc) is 1.90. The molecule has 9 heavy (non-hydrogen) atoms. The molecule has 0 aliphatic carbocycles. The van der Waals surface area contributed by atoms with Crippen molar-refractivity contribution >= 4 is 11.5 Å². The van der Waals surface area contributed by atoms with Crippen LogP contribution >= 0.6 is 0 Å². The van der Waals surface area contributed by atoms with Crippen LogP contribution in [0.2, 0.25) is 0 Å². The Balaban J connectivity index is 4.32. The van der Waals surface area contributed by atoms with Crippen LogP contribution in [0.15, 0.2) is 22.6 Å². The van der Waals surface area contributed by atoms with Crippen LogP contribution < -0.4 is 5.73 Å². The highest BCUT2D eigenvalue weighted by molar-refractivity contribution is 6.44. The maximum Gasteiger partial charge on any atom is 0.143 e. The number of rotatable bonds is 2. The van der Waals surface area contributed by atoms with E-state index in [1.807, 2.05) is 0 Å². The van der Waals surface area contributed by atoms with Crippen LogP contribution in [0.4, 0.5) is 0 Å². The van der Waals surface area contributed by atoms with Crippen molar-refractivity contribution in [2.45, 2.75) is 0 Å². The van der Waals surface area contributed by atoms with Gasteiger partial charge in [0, 0.05) is 14.1 Å². The van der Waals surface area contributed by atoms with Crippen LogP contribution in [-0.2, 0) is 0 Å². The predicted octanol–water partition coefficient (Wildman–Crippen LogP) is 0.230. The van der Waals surface area contributed by atoms with Crippen LogP contribution in [0.25, 0.3) is 0 Å². The highest BCUT2D eigenvalue weighted by atomic mass is 14.9. The van der Waals surface area contributed by atoms with E-state index in [2.05, 4.69) is 16.6 Å². The Bertz CT molecular complexity index is 156. The zero-order valence-corrected chi connectivity index (χ0v) is 5.76. The molecule has 0 aromatic heterocycles. The van der Waals surface area contributed by atoms with Gasteiger partial charge in [-0.3, -0.25) is 9.98 Å². The van der Waals surface area contributed by atoms with Gasteiger partial charge in [0.1, 0.15) is 5.84 Å². The topological polar surface area (TPSA) is 50.7 Å². The van der Waals surface area contributed by atoms with Crippen molar-refractivity contribution in [1.82, 2.24) is 0 Å². The monoisotopic (exact) mass is 125 g/mol. The molecule has 0 rings (SSSR count). The van der Waals surface area contributed by atoms with Crippen LogP contribution in [0, 0.1) is 0 Å². The summed E-state index contributed by atoms with van der Waals surface area (Å²) in [6.07, 6.45) is 1.57. The first kappa shape index (κ1) is 7.88. The van der Waals surface area contributed by atoms with E-state index >= 15 is 0 Å². The fourth-order valence-corrected chi connectivity index (χ4v) is 0.425. The fraction of sp³-hybridized carbons (Fsp3) is 0.333. The molecule has 0 spiro atoms. The molecule has 2 N–H and O–H groups in total. The second-order valence-electron chi connectivity index (χ2n) is 1.42. The summed E-state index contributed by atoms with van der Waals surface area (Å²) in [5, 5.41) is 0. The number of hydrogen-bond acceptors (Lipinski definition) is 2. The van der Waals surface area contributed by atoms with Crippen molar-refractivity contribution in [3.05, 3.63) is 12.7 Å². The Morgan fingerprint density at radius 3 is 2.11 bits per heavy atom. The number of hydrogen-bond donors (Lipinski definition) is 1. The number of amidine groups is 1. The van der Waals surface area contributed by atoms with E-state index in [-0.39, 0.29) is 0 Å². The minimum Gasteiger partial charge on any atom is -0.382 e. The molecule has 0 atom stereocenters. The summed E-state index contributed by atoms with van der Waals surface area (Å²) in [6.45, 7) is 3.51. The van der Waals surface area contributed by atoms with Gasteiger partial charge in [0.2, 0.25) is 0 Å². The van der Waals surface area contributed by atoms with Crippen molar-refractivity contribution in [3.8, 4) is 0 Å². The van der Waals surface area contributed by atoms with E-state index in [1.54, 1.807) is 20.2 Å². The molecule has 0 bridgehead atoms. The van der Waals surface area contributed by atoms with Crippen molar-refractivity contribution in [2.24, 2.45) is 15.7 Å². The Labute approximate surface area is 55.0 Å². The molecule has 0 fully saturated rings. The Kier molecular flexibility index (Phi) is 3.35. The zero-order valence-electron chi connectivity index (χ0n) is 5.76.